The van der Waals surface area contributed by atoms with E-state index >= 15 is 0 Å². The van der Waals surface area contributed by atoms with Crippen LogP contribution in [0, 0.1) is 5.92 Å². The van der Waals surface area contributed by atoms with Crippen LogP contribution in [0.1, 0.15) is 41.4 Å². The molecule has 3 aromatic rings. The maximum atomic E-state index is 12.8. The fourth-order valence-corrected chi connectivity index (χ4v) is 3.98. The van der Waals surface area contributed by atoms with Gasteiger partial charge >= 0.3 is 0 Å². The Bertz CT molecular complexity index is 1210. The third-order valence-corrected chi connectivity index (χ3v) is 5.87. The molecule has 1 aliphatic rings. The van der Waals surface area contributed by atoms with Crippen LogP contribution in [-0.2, 0) is 11.3 Å². The van der Waals surface area contributed by atoms with Crippen LogP contribution in [0.4, 0.5) is 10.1 Å². The van der Waals surface area contributed by atoms with Crippen molar-refractivity contribution >= 4 is 23.2 Å². The van der Waals surface area contributed by atoms with Crippen LogP contribution in [0.5, 0.6) is 11.5 Å². The van der Waals surface area contributed by atoms with Crippen molar-refractivity contribution in [2.75, 3.05) is 19.3 Å². The van der Waals surface area contributed by atoms with E-state index in [-0.39, 0.29) is 17.7 Å². The molecule has 2 heterocycles. The summed E-state index contributed by atoms with van der Waals surface area (Å²) in [5, 5.41) is 8.98. The van der Waals surface area contributed by atoms with Gasteiger partial charge in [0.25, 0.3) is 5.91 Å². The number of aromatic amines is 1. The molecule has 0 saturated heterocycles. The molecule has 1 aromatic heterocycles. The summed E-state index contributed by atoms with van der Waals surface area (Å²) in [5.41, 5.74) is 3.56. The normalized spacial score (nSPS) is 15.5. The quantitative estimate of drug-likeness (QED) is 0.464. The first kappa shape index (κ1) is 24.0. The Morgan fingerprint density at radius 2 is 2.00 bits per heavy atom. The number of methoxy groups -OCH3 is 1. The summed E-state index contributed by atoms with van der Waals surface area (Å²) in [6.45, 7) is 1.36. The first-order valence-corrected chi connectivity index (χ1v) is 11.3. The molecule has 1 aliphatic heterocycles. The number of halogens is 1. The van der Waals surface area contributed by atoms with Gasteiger partial charge in [0.15, 0.2) is 11.5 Å². The summed E-state index contributed by atoms with van der Waals surface area (Å²) in [7, 11) is 1.49. The maximum absolute atomic E-state index is 12.8. The zero-order chi connectivity index (χ0) is 24.8. The molecule has 1 unspecified atom stereocenters. The van der Waals surface area contributed by atoms with E-state index in [2.05, 4.69) is 10.3 Å². The highest BCUT2D eigenvalue weighted by Gasteiger charge is 2.29. The molecule has 4 rings (SSSR count). The molecular formula is C26H27FN4O4. The van der Waals surface area contributed by atoms with Gasteiger partial charge in [-0.1, -0.05) is 19.1 Å². The van der Waals surface area contributed by atoms with Crippen LogP contribution >= 0.6 is 0 Å². The van der Waals surface area contributed by atoms with E-state index in [0.717, 1.165) is 23.3 Å². The Morgan fingerprint density at radius 1 is 1.20 bits per heavy atom. The molecule has 182 valence electrons. The van der Waals surface area contributed by atoms with Crippen molar-refractivity contribution in [3.8, 4) is 11.5 Å². The third-order valence-electron chi connectivity index (χ3n) is 5.87. The van der Waals surface area contributed by atoms with Gasteiger partial charge in [-0.2, -0.15) is 5.10 Å². The van der Waals surface area contributed by atoms with Crippen molar-refractivity contribution in [1.82, 2.24) is 9.99 Å². The van der Waals surface area contributed by atoms with E-state index in [9.17, 15) is 14.0 Å². The van der Waals surface area contributed by atoms with Crippen LogP contribution in [0.25, 0.3) is 0 Å². The molecule has 8 nitrogen and oxygen atoms in total. The number of ether oxygens (including phenoxy) is 2. The fourth-order valence-electron chi connectivity index (χ4n) is 3.98. The van der Waals surface area contributed by atoms with E-state index in [4.69, 9.17) is 14.6 Å². The molecule has 0 saturated carbocycles. The molecule has 0 fully saturated rings. The van der Waals surface area contributed by atoms with Crippen molar-refractivity contribution in [3.05, 3.63) is 77.6 Å². The number of amides is 2. The number of nitrogens with one attached hydrogen (secondary N) is 2. The second-order valence-corrected chi connectivity index (χ2v) is 8.10. The second-order valence-electron chi connectivity index (χ2n) is 8.10. The molecule has 1 atom stereocenters. The summed E-state index contributed by atoms with van der Waals surface area (Å²) in [6.07, 6.45) is 2.77. The number of aromatic nitrogens is 1. The lowest BCUT2D eigenvalue weighted by Gasteiger charge is -2.29. The number of hydrazone groups is 1. The topological polar surface area (TPSA) is 96.0 Å². The Hall–Kier alpha value is -4.14. The minimum atomic E-state index is -0.953. The standard InChI is InChI=1S/C26H27FN4O4/c1-3-18-14-24(32)31(30-25(18)19-8-11-22(35-16-27)23(13-19)34-2)15-17-6-9-20(10-7-17)29-26(33)21-5-4-12-28-21/h4-13,18,28H,3,14-16H2,1-2H3,(H,29,33). The molecule has 0 bridgehead atoms. The predicted octanol–water partition coefficient (Wildman–Crippen LogP) is 4.74. The zero-order valence-corrected chi connectivity index (χ0v) is 19.6. The van der Waals surface area contributed by atoms with Crippen molar-refractivity contribution in [1.29, 1.82) is 0 Å². The number of anilines is 1. The highest BCUT2D eigenvalue weighted by molar-refractivity contribution is 6.06. The Morgan fingerprint density at radius 3 is 2.66 bits per heavy atom. The van der Waals surface area contributed by atoms with Gasteiger partial charge in [-0.25, -0.2) is 9.40 Å². The van der Waals surface area contributed by atoms with Gasteiger partial charge in [0.1, 0.15) is 5.69 Å². The van der Waals surface area contributed by atoms with Crippen LogP contribution in [0.15, 0.2) is 65.9 Å². The lowest BCUT2D eigenvalue weighted by atomic mass is 9.89. The molecule has 2 amide bonds. The molecular weight excluding hydrogens is 451 g/mol. The lowest BCUT2D eigenvalue weighted by Crippen LogP contribution is -2.36. The van der Waals surface area contributed by atoms with Gasteiger partial charge in [0, 0.05) is 29.8 Å². The summed E-state index contributed by atoms with van der Waals surface area (Å²) < 4.78 is 23.0. The van der Waals surface area contributed by atoms with Crippen molar-refractivity contribution in [3.63, 3.8) is 0 Å². The fraction of sp³-hybridized carbons (Fsp3) is 0.269. The summed E-state index contributed by atoms with van der Waals surface area (Å²) in [5.74, 6) is 0.376. The highest BCUT2D eigenvalue weighted by Crippen LogP contribution is 2.32. The number of rotatable bonds is 9. The maximum Gasteiger partial charge on any atom is 0.272 e. The van der Waals surface area contributed by atoms with Crippen molar-refractivity contribution in [2.24, 2.45) is 11.0 Å². The number of hydrogen-bond donors (Lipinski definition) is 2. The number of H-pyrrole nitrogens is 1. The number of benzene rings is 2. The molecule has 0 spiro atoms. The van der Waals surface area contributed by atoms with E-state index in [1.54, 1.807) is 48.7 Å². The van der Waals surface area contributed by atoms with Crippen LogP contribution in [0.3, 0.4) is 0 Å². The van der Waals surface area contributed by atoms with Crippen LogP contribution < -0.4 is 14.8 Å². The number of alkyl halides is 1. The van der Waals surface area contributed by atoms with Crippen molar-refractivity contribution < 1.29 is 23.5 Å². The molecule has 2 aromatic carbocycles. The van der Waals surface area contributed by atoms with E-state index < -0.39 is 6.86 Å². The minimum Gasteiger partial charge on any atom is -0.493 e. The van der Waals surface area contributed by atoms with Gasteiger partial charge in [-0.15, -0.1) is 0 Å². The number of hydrogen-bond acceptors (Lipinski definition) is 5. The number of carbonyl (C=O) groups excluding carboxylic acids is 2. The molecule has 9 heteroatoms. The number of carbonyl (C=O) groups is 2. The second kappa shape index (κ2) is 10.9. The van der Waals surface area contributed by atoms with Gasteiger partial charge in [-0.3, -0.25) is 9.59 Å². The smallest absolute Gasteiger partial charge is 0.272 e. The molecule has 0 aliphatic carbocycles. The third kappa shape index (κ3) is 5.51. The van der Waals surface area contributed by atoms with Crippen LogP contribution in [-0.4, -0.2) is 41.5 Å². The zero-order valence-electron chi connectivity index (χ0n) is 19.6. The number of nitrogens with zero attached hydrogens (tertiary/aromatic N) is 2. The summed E-state index contributed by atoms with van der Waals surface area (Å²) in [4.78, 5) is 27.9. The van der Waals surface area contributed by atoms with E-state index in [1.165, 1.54) is 12.1 Å². The Kier molecular flexibility index (Phi) is 7.45. The molecule has 35 heavy (non-hydrogen) atoms. The highest BCUT2D eigenvalue weighted by atomic mass is 19.1. The van der Waals surface area contributed by atoms with E-state index in [0.29, 0.717) is 35.8 Å². The average molecular weight is 479 g/mol. The Labute approximate surface area is 202 Å². The van der Waals surface area contributed by atoms with Crippen molar-refractivity contribution in [2.45, 2.75) is 26.3 Å². The minimum absolute atomic E-state index is 0.0398. The van der Waals surface area contributed by atoms with Crippen LogP contribution in [0.2, 0.25) is 0 Å². The summed E-state index contributed by atoms with van der Waals surface area (Å²) >= 11 is 0. The van der Waals surface area contributed by atoms with Gasteiger partial charge in [0.2, 0.25) is 12.8 Å². The van der Waals surface area contributed by atoms with Gasteiger partial charge in [-0.05, 0) is 54.4 Å². The largest absolute Gasteiger partial charge is 0.493 e. The summed E-state index contributed by atoms with van der Waals surface area (Å²) in [6, 6.07) is 15.9. The lowest BCUT2D eigenvalue weighted by molar-refractivity contribution is -0.133. The Balaban J connectivity index is 1.52. The van der Waals surface area contributed by atoms with Gasteiger partial charge < -0.3 is 19.8 Å². The van der Waals surface area contributed by atoms with E-state index in [1.807, 2.05) is 19.1 Å². The SMILES string of the molecule is CCC1CC(=O)N(Cc2ccc(NC(=O)c3ccc[nH]3)cc2)N=C1c1ccc(OCF)c(OC)c1. The first-order chi connectivity index (χ1) is 17.0. The predicted molar refractivity (Wildman–Crippen MR) is 130 cm³/mol. The average Bonchev–Trinajstić information content (AvgIpc) is 3.42. The van der Waals surface area contributed by atoms with Gasteiger partial charge in [0.05, 0.1) is 19.4 Å². The first-order valence-electron chi connectivity index (χ1n) is 11.3. The monoisotopic (exact) mass is 478 g/mol. The molecule has 2 N–H and O–H groups in total. The molecule has 0 radical (unpaired) electrons.